The number of carbonyl (C=O) groups excluding carboxylic acids is 1. The Morgan fingerprint density at radius 1 is 1.39 bits per heavy atom. The van der Waals surface area contributed by atoms with Crippen LogP contribution in [0.2, 0.25) is 0 Å². The number of rotatable bonds is 4. The molecule has 1 amide bonds. The van der Waals surface area contributed by atoms with E-state index in [0.29, 0.717) is 34.8 Å². The van der Waals surface area contributed by atoms with Gasteiger partial charge in [0.05, 0.1) is 10.9 Å². The lowest BCUT2D eigenvalue weighted by Gasteiger charge is -2.10. The van der Waals surface area contributed by atoms with Crippen LogP contribution in [0.1, 0.15) is 43.6 Å². The molecule has 3 rings (SSSR count). The monoisotopic (exact) mass is 315 g/mol. The van der Waals surface area contributed by atoms with E-state index in [2.05, 4.69) is 17.2 Å². The van der Waals surface area contributed by atoms with Crippen LogP contribution in [0, 0.1) is 11.8 Å². The summed E-state index contributed by atoms with van der Waals surface area (Å²) in [7, 11) is 0. The molecule has 0 spiro atoms. The summed E-state index contributed by atoms with van der Waals surface area (Å²) in [5, 5.41) is 3.31. The van der Waals surface area contributed by atoms with Crippen molar-refractivity contribution in [3.8, 4) is 0 Å². The maximum atomic E-state index is 12.4. The van der Waals surface area contributed by atoms with Crippen molar-refractivity contribution in [2.45, 2.75) is 33.2 Å². The largest absolute Gasteiger partial charge is 0.352 e. The summed E-state index contributed by atoms with van der Waals surface area (Å²) < 4.78 is 1.18. The van der Waals surface area contributed by atoms with Crippen LogP contribution in [-0.2, 0) is 0 Å². The molecule has 0 bridgehead atoms. The maximum Gasteiger partial charge on any atom is 0.329 e. The van der Waals surface area contributed by atoms with Gasteiger partial charge in [-0.15, -0.1) is 0 Å². The van der Waals surface area contributed by atoms with Gasteiger partial charge in [0.1, 0.15) is 0 Å². The minimum atomic E-state index is -0.457. The van der Waals surface area contributed by atoms with Gasteiger partial charge in [0, 0.05) is 18.2 Å². The Labute approximate surface area is 133 Å². The lowest BCUT2D eigenvalue weighted by atomic mass is 10.1. The summed E-state index contributed by atoms with van der Waals surface area (Å²) in [4.78, 5) is 39.3. The molecule has 0 aliphatic heterocycles. The Bertz CT molecular complexity index is 879. The first-order valence-corrected chi connectivity index (χ1v) is 7.95. The molecule has 1 fully saturated rings. The number of aromatic nitrogens is 2. The second kappa shape index (κ2) is 5.68. The van der Waals surface area contributed by atoms with Gasteiger partial charge in [-0.05, 0) is 50.3 Å². The average molecular weight is 315 g/mol. The quantitative estimate of drug-likeness (QED) is 0.900. The number of hydrogen-bond acceptors (Lipinski definition) is 3. The Morgan fingerprint density at radius 2 is 2.09 bits per heavy atom. The summed E-state index contributed by atoms with van der Waals surface area (Å²) >= 11 is 0. The molecule has 1 aromatic heterocycles. The van der Waals surface area contributed by atoms with Gasteiger partial charge in [-0.1, -0.05) is 6.92 Å². The molecule has 0 unspecified atom stereocenters. The van der Waals surface area contributed by atoms with Crippen molar-refractivity contribution >= 4 is 16.8 Å². The maximum absolute atomic E-state index is 12.4. The van der Waals surface area contributed by atoms with E-state index in [1.165, 1.54) is 4.57 Å². The summed E-state index contributed by atoms with van der Waals surface area (Å²) in [5.41, 5.74) is 0.0480. The second-order valence-corrected chi connectivity index (χ2v) is 6.64. The summed E-state index contributed by atoms with van der Waals surface area (Å²) in [6.07, 6.45) is 1.15. The average Bonchev–Trinajstić information content (AvgIpc) is 3.19. The van der Waals surface area contributed by atoms with E-state index in [1.54, 1.807) is 32.0 Å². The third-order valence-electron chi connectivity index (χ3n) is 4.51. The fraction of sp³-hybridized carbons (Fsp3) is 0.471. The molecule has 1 aromatic carbocycles. The van der Waals surface area contributed by atoms with Crippen LogP contribution in [0.15, 0.2) is 27.8 Å². The van der Waals surface area contributed by atoms with Crippen LogP contribution in [0.4, 0.5) is 0 Å². The first kappa shape index (κ1) is 15.5. The highest BCUT2D eigenvalue weighted by Gasteiger charge is 2.32. The lowest BCUT2D eigenvalue weighted by molar-refractivity contribution is 0.0951. The highest BCUT2D eigenvalue weighted by Crippen LogP contribution is 2.36. The fourth-order valence-electron chi connectivity index (χ4n) is 2.85. The van der Waals surface area contributed by atoms with E-state index >= 15 is 0 Å². The number of nitrogens with zero attached hydrogens (tertiary/aromatic N) is 1. The lowest BCUT2D eigenvalue weighted by Crippen LogP contribution is -2.36. The van der Waals surface area contributed by atoms with Crippen molar-refractivity contribution in [2.24, 2.45) is 11.8 Å². The number of benzene rings is 1. The van der Waals surface area contributed by atoms with Crippen LogP contribution in [0.25, 0.3) is 10.9 Å². The summed E-state index contributed by atoms with van der Waals surface area (Å²) in [5.74, 6) is 1.06. The molecular formula is C17H21N3O3. The van der Waals surface area contributed by atoms with Gasteiger partial charge >= 0.3 is 5.69 Å². The van der Waals surface area contributed by atoms with Crippen molar-refractivity contribution in [1.82, 2.24) is 14.9 Å². The molecule has 2 atom stereocenters. The number of fused-ring (bicyclic) bond motifs is 1. The number of H-pyrrole nitrogens is 1. The summed E-state index contributed by atoms with van der Waals surface area (Å²) in [6.45, 7) is 6.40. The Morgan fingerprint density at radius 3 is 2.70 bits per heavy atom. The number of carbonyl (C=O) groups is 1. The van der Waals surface area contributed by atoms with E-state index in [-0.39, 0.29) is 17.5 Å². The van der Waals surface area contributed by atoms with E-state index in [4.69, 9.17) is 0 Å². The molecule has 1 saturated carbocycles. The number of aromatic amines is 1. The predicted molar refractivity (Wildman–Crippen MR) is 88.8 cm³/mol. The van der Waals surface area contributed by atoms with Gasteiger partial charge in [-0.3, -0.25) is 14.2 Å². The van der Waals surface area contributed by atoms with Gasteiger partial charge in [0.25, 0.3) is 11.5 Å². The van der Waals surface area contributed by atoms with Gasteiger partial charge in [-0.2, -0.15) is 0 Å². The number of nitrogens with one attached hydrogen (secondary N) is 2. The standard InChI is InChI=1S/C17H21N3O3/c1-9(2)20-16(22)13-5-4-11(7-14(13)19-17(20)23)15(21)18-8-12-6-10(12)3/h4-5,7,9-10,12H,6,8H2,1-3H3,(H,18,21)(H,19,23)/t10-,12+/m1/s1. The number of amides is 1. The molecule has 0 saturated heterocycles. The molecular weight excluding hydrogens is 294 g/mol. The smallest absolute Gasteiger partial charge is 0.329 e. The molecule has 1 aliphatic carbocycles. The zero-order chi connectivity index (χ0) is 16.7. The molecule has 122 valence electrons. The molecule has 1 aliphatic rings. The van der Waals surface area contributed by atoms with Crippen LogP contribution in [0.3, 0.4) is 0 Å². The van der Waals surface area contributed by atoms with Crippen molar-refractivity contribution in [3.05, 3.63) is 44.6 Å². The molecule has 2 N–H and O–H groups in total. The first-order valence-electron chi connectivity index (χ1n) is 7.95. The molecule has 0 radical (unpaired) electrons. The van der Waals surface area contributed by atoms with Crippen molar-refractivity contribution in [3.63, 3.8) is 0 Å². The van der Waals surface area contributed by atoms with Gasteiger partial charge in [0.2, 0.25) is 0 Å². The van der Waals surface area contributed by atoms with Gasteiger partial charge in [-0.25, -0.2) is 4.79 Å². The SMILES string of the molecule is CC(C)n1c(=O)[nH]c2cc(C(=O)NC[C@@H]3C[C@H]3C)ccc2c1=O. The zero-order valence-corrected chi connectivity index (χ0v) is 13.6. The Balaban J connectivity index is 1.93. The second-order valence-electron chi connectivity index (χ2n) is 6.64. The predicted octanol–water partition coefficient (Wildman–Crippen LogP) is 1.66. The van der Waals surface area contributed by atoms with Crippen LogP contribution < -0.4 is 16.6 Å². The number of hydrogen-bond donors (Lipinski definition) is 2. The topological polar surface area (TPSA) is 84.0 Å². The summed E-state index contributed by atoms with van der Waals surface area (Å²) in [6, 6.07) is 4.56. The Hall–Kier alpha value is -2.37. The van der Waals surface area contributed by atoms with E-state index < -0.39 is 5.69 Å². The molecule has 1 heterocycles. The zero-order valence-electron chi connectivity index (χ0n) is 13.6. The fourth-order valence-corrected chi connectivity index (χ4v) is 2.85. The van der Waals surface area contributed by atoms with Crippen LogP contribution in [-0.4, -0.2) is 22.0 Å². The van der Waals surface area contributed by atoms with E-state index in [1.807, 2.05) is 0 Å². The van der Waals surface area contributed by atoms with Crippen LogP contribution >= 0.6 is 0 Å². The normalized spacial score (nSPS) is 20.0. The van der Waals surface area contributed by atoms with Gasteiger partial charge in [0.15, 0.2) is 0 Å². The van der Waals surface area contributed by atoms with Crippen molar-refractivity contribution in [2.75, 3.05) is 6.54 Å². The Kier molecular flexibility index (Phi) is 3.83. The van der Waals surface area contributed by atoms with Gasteiger partial charge < -0.3 is 10.3 Å². The molecule has 23 heavy (non-hydrogen) atoms. The molecule has 6 heteroatoms. The third kappa shape index (κ3) is 2.93. The van der Waals surface area contributed by atoms with E-state index in [0.717, 1.165) is 6.42 Å². The highest BCUT2D eigenvalue weighted by molar-refractivity contribution is 5.97. The van der Waals surface area contributed by atoms with Crippen LogP contribution in [0.5, 0.6) is 0 Å². The third-order valence-corrected chi connectivity index (χ3v) is 4.51. The van der Waals surface area contributed by atoms with Crippen molar-refractivity contribution in [1.29, 1.82) is 0 Å². The van der Waals surface area contributed by atoms with E-state index in [9.17, 15) is 14.4 Å². The molecule has 2 aromatic rings. The van der Waals surface area contributed by atoms with Crippen molar-refractivity contribution < 1.29 is 4.79 Å². The highest BCUT2D eigenvalue weighted by atomic mass is 16.2. The first-order chi connectivity index (χ1) is 10.9. The molecule has 6 nitrogen and oxygen atoms in total. The minimum absolute atomic E-state index is 0.181. The minimum Gasteiger partial charge on any atom is -0.352 e.